The predicted molar refractivity (Wildman–Crippen MR) is 144 cm³/mol. The Bertz CT molecular complexity index is 1590. The molecule has 200 valence electrons. The first-order valence-electron chi connectivity index (χ1n) is 12.7. The van der Waals surface area contributed by atoms with Crippen molar-refractivity contribution in [2.24, 2.45) is 7.05 Å². The zero-order chi connectivity index (χ0) is 27.5. The molecule has 10 heteroatoms. The highest BCUT2D eigenvalue weighted by Crippen LogP contribution is 2.27. The van der Waals surface area contributed by atoms with Crippen LogP contribution >= 0.6 is 0 Å². The number of carbonyl (C=O) groups is 2. The fourth-order valence-corrected chi connectivity index (χ4v) is 4.66. The first kappa shape index (κ1) is 25.9. The number of hydrogen-bond acceptors (Lipinski definition) is 5. The second-order valence-electron chi connectivity index (χ2n) is 9.37. The van der Waals surface area contributed by atoms with E-state index in [9.17, 15) is 18.8 Å². The van der Waals surface area contributed by atoms with E-state index in [0.29, 0.717) is 24.5 Å². The summed E-state index contributed by atoms with van der Waals surface area (Å²) < 4.78 is 23.6. The molecule has 5 rings (SSSR count). The molecule has 0 atom stereocenters. The highest BCUT2D eigenvalue weighted by atomic mass is 19.1. The monoisotopic (exact) mass is 529 g/mol. The van der Waals surface area contributed by atoms with Crippen molar-refractivity contribution >= 4 is 17.5 Å². The number of nitrogens with one attached hydrogen (secondary N) is 1. The average molecular weight is 530 g/mol. The van der Waals surface area contributed by atoms with Gasteiger partial charge in [-0.15, -0.1) is 0 Å². The minimum absolute atomic E-state index is 0.0372. The van der Waals surface area contributed by atoms with Gasteiger partial charge in [-0.2, -0.15) is 0 Å². The van der Waals surface area contributed by atoms with Crippen molar-refractivity contribution in [1.29, 1.82) is 0 Å². The predicted octanol–water partition coefficient (Wildman–Crippen LogP) is 4.69. The van der Waals surface area contributed by atoms with Gasteiger partial charge in [-0.25, -0.2) is 9.07 Å². The summed E-state index contributed by atoms with van der Waals surface area (Å²) in [5.74, 6) is -1.37. The topological polar surface area (TPSA) is 98.5 Å². The average Bonchev–Trinajstić information content (AvgIpc) is 3.18. The number of anilines is 1. The number of nitrogens with zero attached hydrogens (tertiary/aromatic N) is 4. The van der Waals surface area contributed by atoms with Gasteiger partial charge in [0, 0.05) is 44.2 Å². The highest BCUT2D eigenvalue weighted by molar-refractivity contribution is 6.05. The van der Waals surface area contributed by atoms with E-state index in [1.807, 2.05) is 6.07 Å². The second kappa shape index (κ2) is 10.9. The Kier molecular flexibility index (Phi) is 7.27. The van der Waals surface area contributed by atoms with Gasteiger partial charge >= 0.3 is 0 Å². The van der Waals surface area contributed by atoms with E-state index in [-0.39, 0.29) is 34.4 Å². The van der Waals surface area contributed by atoms with Crippen LogP contribution in [0.1, 0.15) is 45.8 Å². The largest absolute Gasteiger partial charge is 0.454 e. The fourth-order valence-electron chi connectivity index (χ4n) is 4.66. The van der Waals surface area contributed by atoms with Crippen LogP contribution in [0.4, 0.5) is 10.1 Å². The Morgan fingerprint density at radius 1 is 1.00 bits per heavy atom. The fraction of sp³-hybridized carbons (Fsp3) is 0.241. The van der Waals surface area contributed by atoms with Crippen LogP contribution < -0.4 is 15.6 Å². The van der Waals surface area contributed by atoms with Crippen LogP contribution in [0.5, 0.6) is 11.5 Å². The van der Waals surface area contributed by atoms with Crippen molar-refractivity contribution in [3.63, 3.8) is 0 Å². The minimum Gasteiger partial charge on any atom is -0.454 e. The molecule has 0 saturated carbocycles. The third-order valence-corrected chi connectivity index (χ3v) is 6.79. The van der Waals surface area contributed by atoms with Gasteiger partial charge in [-0.05, 0) is 56.5 Å². The molecule has 3 heterocycles. The number of halogens is 1. The van der Waals surface area contributed by atoms with Crippen molar-refractivity contribution in [3.8, 4) is 17.2 Å². The Labute approximate surface area is 224 Å². The van der Waals surface area contributed by atoms with Gasteiger partial charge < -0.3 is 15.0 Å². The molecule has 2 aromatic carbocycles. The summed E-state index contributed by atoms with van der Waals surface area (Å²) in [4.78, 5) is 44.8. The number of benzene rings is 2. The maximum absolute atomic E-state index is 14.9. The van der Waals surface area contributed by atoms with Crippen LogP contribution in [0.3, 0.4) is 0 Å². The van der Waals surface area contributed by atoms with Crippen LogP contribution in [0, 0.1) is 12.7 Å². The number of piperidine rings is 1. The molecule has 0 radical (unpaired) electrons. The molecule has 0 aliphatic carbocycles. The van der Waals surface area contributed by atoms with Crippen LogP contribution in [0.2, 0.25) is 0 Å². The van der Waals surface area contributed by atoms with E-state index in [1.165, 1.54) is 35.1 Å². The Balaban J connectivity index is 1.32. The Morgan fingerprint density at radius 3 is 2.46 bits per heavy atom. The molecule has 0 bridgehead atoms. The molecule has 2 amide bonds. The summed E-state index contributed by atoms with van der Waals surface area (Å²) in [6, 6.07) is 16.0. The standard InChI is InChI=1S/C29H28FN5O4/c1-19-26(29(38)35(33(19)2)21-9-5-3-6-10-21)27(36)32-20-11-12-25(23(30)17-20)39-22-13-14-31-24(18-22)28(37)34-15-7-4-8-16-34/h3,5-6,9-14,17-18H,4,7-8,15-16H2,1-2H3,(H,32,36). The van der Waals surface area contributed by atoms with Gasteiger partial charge in [-0.1, -0.05) is 18.2 Å². The Morgan fingerprint density at radius 2 is 1.74 bits per heavy atom. The number of aromatic nitrogens is 3. The zero-order valence-corrected chi connectivity index (χ0v) is 21.7. The van der Waals surface area contributed by atoms with Crippen LogP contribution in [-0.2, 0) is 7.05 Å². The van der Waals surface area contributed by atoms with E-state index in [2.05, 4.69) is 10.3 Å². The van der Waals surface area contributed by atoms with E-state index in [4.69, 9.17) is 4.74 Å². The van der Waals surface area contributed by atoms with Gasteiger partial charge in [0.2, 0.25) is 0 Å². The molecule has 0 unspecified atom stereocenters. The van der Waals surface area contributed by atoms with E-state index >= 15 is 0 Å². The summed E-state index contributed by atoms with van der Waals surface area (Å²) in [5, 5.41) is 2.60. The number of hydrogen-bond donors (Lipinski definition) is 1. The van der Waals surface area contributed by atoms with Crippen molar-refractivity contribution in [3.05, 3.63) is 100.0 Å². The van der Waals surface area contributed by atoms with Crippen molar-refractivity contribution < 1.29 is 18.7 Å². The molecular formula is C29H28FN5O4. The molecule has 1 aliphatic heterocycles. The lowest BCUT2D eigenvalue weighted by Crippen LogP contribution is -2.36. The van der Waals surface area contributed by atoms with Gasteiger partial charge in [0.05, 0.1) is 11.4 Å². The summed E-state index contributed by atoms with van der Waals surface area (Å²) in [6.07, 6.45) is 4.47. The lowest BCUT2D eigenvalue weighted by molar-refractivity contribution is 0.0718. The Hall–Kier alpha value is -4.73. The number of pyridine rings is 1. The second-order valence-corrected chi connectivity index (χ2v) is 9.37. The smallest absolute Gasteiger partial charge is 0.284 e. The molecule has 39 heavy (non-hydrogen) atoms. The summed E-state index contributed by atoms with van der Waals surface area (Å²) in [5.41, 5.74) is 0.968. The summed E-state index contributed by atoms with van der Waals surface area (Å²) in [7, 11) is 1.69. The number of para-hydroxylation sites is 1. The molecule has 9 nitrogen and oxygen atoms in total. The lowest BCUT2D eigenvalue weighted by atomic mass is 10.1. The maximum atomic E-state index is 14.9. The van der Waals surface area contributed by atoms with Crippen molar-refractivity contribution in [1.82, 2.24) is 19.2 Å². The molecule has 0 spiro atoms. The normalized spacial score (nSPS) is 13.3. The number of amides is 2. The summed E-state index contributed by atoms with van der Waals surface area (Å²) in [6.45, 7) is 3.05. The zero-order valence-electron chi connectivity index (χ0n) is 21.7. The highest BCUT2D eigenvalue weighted by Gasteiger charge is 2.23. The summed E-state index contributed by atoms with van der Waals surface area (Å²) >= 11 is 0. The van der Waals surface area contributed by atoms with Crippen LogP contribution in [0.25, 0.3) is 5.69 Å². The number of rotatable bonds is 6. The number of likely N-dealkylation sites (tertiary alicyclic amines) is 1. The molecule has 1 saturated heterocycles. The molecule has 4 aromatic rings. The molecule has 2 aromatic heterocycles. The molecule has 1 fully saturated rings. The van der Waals surface area contributed by atoms with Crippen LogP contribution in [0.15, 0.2) is 71.7 Å². The first-order chi connectivity index (χ1) is 18.8. The molecular weight excluding hydrogens is 501 g/mol. The van der Waals surface area contributed by atoms with E-state index in [1.54, 1.807) is 47.8 Å². The van der Waals surface area contributed by atoms with E-state index in [0.717, 1.165) is 25.3 Å². The van der Waals surface area contributed by atoms with Gasteiger partial charge in [0.15, 0.2) is 11.6 Å². The van der Waals surface area contributed by atoms with Crippen LogP contribution in [-0.4, -0.2) is 44.2 Å². The van der Waals surface area contributed by atoms with Crippen molar-refractivity contribution in [2.45, 2.75) is 26.2 Å². The van der Waals surface area contributed by atoms with E-state index < -0.39 is 17.3 Å². The van der Waals surface area contributed by atoms with Gasteiger partial charge in [0.25, 0.3) is 17.4 Å². The SMILES string of the molecule is Cc1c(C(=O)Nc2ccc(Oc3ccnc(C(=O)N4CCCCC4)c3)c(F)c2)c(=O)n(-c2ccccc2)n1C. The van der Waals surface area contributed by atoms with Crippen molar-refractivity contribution in [2.75, 3.05) is 18.4 Å². The quantitative estimate of drug-likeness (QED) is 0.391. The lowest BCUT2D eigenvalue weighted by Gasteiger charge is -2.26. The third kappa shape index (κ3) is 5.31. The molecule has 1 aliphatic rings. The maximum Gasteiger partial charge on any atom is 0.284 e. The minimum atomic E-state index is -0.722. The molecule has 1 N–H and O–H groups in total. The first-order valence-corrected chi connectivity index (χ1v) is 12.7. The van der Waals surface area contributed by atoms with Gasteiger partial charge in [0.1, 0.15) is 17.0 Å². The number of ether oxygens (including phenoxy) is 1. The van der Waals surface area contributed by atoms with Gasteiger partial charge in [-0.3, -0.25) is 24.0 Å². The third-order valence-electron chi connectivity index (χ3n) is 6.79. The number of carbonyl (C=O) groups excluding carboxylic acids is 2.